The number of methoxy groups -OCH3 is 1. The van der Waals surface area contributed by atoms with E-state index in [4.69, 9.17) is 9.47 Å². The lowest BCUT2D eigenvalue weighted by Crippen LogP contribution is -2.00. The fourth-order valence-corrected chi connectivity index (χ4v) is 1.80. The third-order valence-corrected chi connectivity index (χ3v) is 3.19. The first-order valence-corrected chi connectivity index (χ1v) is 6.30. The molecule has 0 bridgehead atoms. The molecule has 2 rings (SSSR count). The van der Waals surface area contributed by atoms with Gasteiger partial charge in [0.1, 0.15) is 18.2 Å². The highest BCUT2D eigenvalue weighted by atomic mass is 79.9. The summed E-state index contributed by atoms with van der Waals surface area (Å²) in [6.45, 7) is 0.00407. The fraction of sp³-hybridized carbons (Fsp3) is 0.143. The number of ether oxygens (including phenoxy) is 2. The summed E-state index contributed by atoms with van der Waals surface area (Å²) in [6, 6.07) is 9.16. The van der Waals surface area contributed by atoms with E-state index in [0.717, 1.165) is 0 Å². The second kappa shape index (κ2) is 6.02. The molecule has 0 aromatic heterocycles. The highest BCUT2D eigenvalue weighted by molar-refractivity contribution is 9.10. The largest absolute Gasteiger partial charge is 0.494 e. The van der Waals surface area contributed by atoms with E-state index < -0.39 is 11.6 Å². The van der Waals surface area contributed by atoms with Gasteiger partial charge < -0.3 is 9.47 Å². The first-order valence-electron chi connectivity index (χ1n) is 5.51. The molecule has 0 spiro atoms. The average Bonchev–Trinajstić information content (AvgIpc) is 2.41. The van der Waals surface area contributed by atoms with Crippen LogP contribution in [0.1, 0.15) is 5.56 Å². The minimum Gasteiger partial charge on any atom is -0.494 e. The van der Waals surface area contributed by atoms with Gasteiger partial charge >= 0.3 is 0 Å². The molecule has 0 aliphatic heterocycles. The van der Waals surface area contributed by atoms with Crippen molar-refractivity contribution in [2.45, 2.75) is 6.61 Å². The normalized spacial score (nSPS) is 10.3. The van der Waals surface area contributed by atoms with Crippen molar-refractivity contribution in [2.24, 2.45) is 0 Å². The van der Waals surface area contributed by atoms with Crippen molar-refractivity contribution in [3.8, 4) is 11.5 Å². The van der Waals surface area contributed by atoms with E-state index in [0.29, 0.717) is 15.8 Å². The summed E-state index contributed by atoms with van der Waals surface area (Å²) in [5.74, 6) is -0.405. The van der Waals surface area contributed by atoms with Gasteiger partial charge in [0.2, 0.25) is 0 Å². The lowest BCUT2D eigenvalue weighted by atomic mass is 10.2. The van der Waals surface area contributed by atoms with Crippen LogP contribution in [0.25, 0.3) is 0 Å². The maximum Gasteiger partial charge on any atom is 0.171 e. The molecule has 0 aliphatic rings. The van der Waals surface area contributed by atoms with Crippen molar-refractivity contribution in [3.05, 3.63) is 58.1 Å². The Morgan fingerprint density at radius 1 is 1.16 bits per heavy atom. The van der Waals surface area contributed by atoms with E-state index >= 15 is 0 Å². The SMILES string of the molecule is COc1cccc(COc2ccc(Br)c(F)c2)c1F. The van der Waals surface area contributed by atoms with E-state index in [2.05, 4.69) is 15.9 Å². The molecule has 5 heteroatoms. The lowest BCUT2D eigenvalue weighted by Gasteiger charge is -2.09. The van der Waals surface area contributed by atoms with E-state index in [1.54, 1.807) is 18.2 Å². The zero-order valence-electron chi connectivity index (χ0n) is 10.1. The third kappa shape index (κ3) is 3.23. The second-order valence-corrected chi connectivity index (χ2v) is 4.65. The number of hydrogen-bond donors (Lipinski definition) is 0. The molecule has 0 atom stereocenters. The Labute approximate surface area is 118 Å². The van der Waals surface area contributed by atoms with Gasteiger partial charge in [0, 0.05) is 11.6 Å². The molecule has 0 heterocycles. The Morgan fingerprint density at radius 3 is 2.63 bits per heavy atom. The number of rotatable bonds is 4. The van der Waals surface area contributed by atoms with Gasteiger partial charge in [0.15, 0.2) is 11.6 Å². The summed E-state index contributed by atoms with van der Waals surface area (Å²) < 4.78 is 37.7. The molecule has 2 aromatic rings. The van der Waals surface area contributed by atoms with E-state index in [9.17, 15) is 8.78 Å². The summed E-state index contributed by atoms with van der Waals surface area (Å²) in [6.07, 6.45) is 0. The Balaban J connectivity index is 2.12. The molecule has 0 radical (unpaired) electrons. The minimum absolute atomic E-state index is 0.00407. The summed E-state index contributed by atoms with van der Waals surface area (Å²) in [4.78, 5) is 0. The van der Waals surface area contributed by atoms with E-state index in [-0.39, 0.29) is 12.4 Å². The van der Waals surface area contributed by atoms with E-state index in [1.165, 1.54) is 25.3 Å². The van der Waals surface area contributed by atoms with Crippen LogP contribution in [0.4, 0.5) is 8.78 Å². The standard InChI is InChI=1S/C14H11BrF2O2/c1-18-13-4-2-3-9(14(13)17)8-19-10-5-6-11(15)12(16)7-10/h2-7H,8H2,1H3. The molecule has 0 saturated heterocycles. The molecule has 0 saturated carbocycles. The van der Waals surface area contributed by atoms with Gasteiger partial charge in [-0.2, -0.15) is 0 Å². The number of hydrogen-bond acceptors (Lipinski definition) is 2. The van der Waals surface area contributed by atoms with Crippen LogP contribution in [0, 0.1) is 11.6 Å². The fourth-order valence-electron chi connectivity index (χ4n) is 1.55. The highest BCUT2D eigenvalue weighted by Crippen LogP contribution is 2.24. The molecule has 2 nitrogen and oxygen atoms in total. The van der Waals surface area contributed by atoms with Crippen molar-refractivity contribution in [2.75, 3.05) is 7.11 Å². The molecule has 0 fully saturated rings. The molecule has 2 aromatic carbocycles. The van der Waals surface area contributed by atoms with Crippen LogP contribution in [0.2, 0.25) is 0 Å². The summed E-state index contributed by atoms with van der Waals surface area (Å²) >= 11 is 3.05. The monoisotopic (exact) mass is 328 g/mol. The number of halogens is 3. The van der Waals surface area contributed by atoms with Gasteiger partial charge in [0.25, 0.3) is 0 Å². The van der Waals surface area contributed by atoms with E-state index in [1.807, 2.05) is 0 Å². The summed E-state index contributed by atoms with van der Waals surface area (Å²) in [5.41, 5.74) is 0.350. The molecular formula is C14H11BrF2O2. The molecule has 0 unspecified atom stereocenters. The summed E-state index contributed by atoms with van der Waals surface area (Å²) in [5, 5.41) is 0. The van der Waals surface area contributed by atoms with Gasteiger partial charge in [-0.1, -0.05) is 12.1 Å². The van der Waals surface area contributed by atoms with Crippen LogP contribution in [0.3, 0.4) is 0 Å². The third-order valence-electron chi connectivity index (χ3n) is 2.55. The van der Waals surface area contributed by atoms with Gasteiger partial charge in [0.05, 0.1) is 11.6 Å². The van der Waals surface area contributed by atoms with Gasteiger partial charge in [-0.15, -0.1) is 0 Å². The zero-order chi connectivity index (χ0) is 13.8. The molecule has 0 amide bonds. The van der Waals surface area contributed by atoms with Crippen molar-refractivity contribution >= 4 is 15.9 Å². The Bertz CT molecular complexity index is 588. The lowest BCUT2D eigenvalue weighted by molar-refractivity contribution is 0.294. The Kier molecular flexibility index (Phi) is 4.37. The smallest absolute Gasteiger partial charge is 0.171 e. The first kappa shape index (κ1) is 13.8. The quantitative estimate of drug-likeness (QED) is 0.832. The maximum atomic E-state index is 13.8. The van der Waals surface area contributed by atoms with Crippen molar-refractivity contribution in [3.63, 3.8) is 0 Å². The molecule has 0 aliphatic carbocycles. The molecular weight excluding hydrogens is 318 g/mol. The van der Waals surface area contributed by atoms with Crippen LogP contribution in [-0.2, 0) is 6.61 Å². The van der Waals surface area contributed by atoms with Gasteiger partial charge in [-0.3, -0.25) is 0 Å². The van der Waals surface area contributed by atoms with Crippen LogP contribution in [0.5, 0.6) is 11.5 Å². The predicted octanol–water partition coefficient (Wildman–Crippen LogP) is 4.31. The first-order chi connectivity index (χ1) is 9.11. The van der Waals surface area contributed by atoms with Crippen molar-refractivity contribution in [1.82, 2.24) is 0 Å². The van der Waals surface area contributed by atoms with Crippen molar-refractivity contribution in [1.29, 1.82) is 0 Å². The van der Waals surface area contributed by atoms with Crippen LogP contribution < -0.4 is 9.47 Å². The number of benzene rings is 2. The second-order valence-electron chi connectivity index (χ2n) is 3.80. The van der Waals surface area contributed by atoms with Gasteiger partial charge in [-0.05, 0) is 34.1 Å². The molecule has 100 valence electrons. The van der Waals surface area contributed by atoms with Crippen LogP contribution in [0.15, 0.2) is 40.9 Å². The minimum atomic E-state index is -0.470. The predicted molar refractivity (Wildman–Crippen MR) is 71.4 cm³/mol. The van der Waals surface area contributed by atoms with Crippen molar-refractivity contribution < 1.29 is 18.3 Å². The topological polar surface area (TPSA) is 18.5 Å². The van der Waals surface area contributed by atoms with Crippen LogP contribution >= 0.6 is 15.9 Å². The highest BCUT2D eigenvalue weighted by Gasteiger charge is 2.09. The summed E-state index contributed by atoms with van der Waals surface area (Å²) in [7, 11) is 1.40. The maximum absolute atomic E-state index is 13.8. The molecule has 0 N–H and O–H groups in total. The Morgan fingerprint density at radius 2 is 1.95 bits per heavy atom. The van der Waals surface area contributed by atoms with Crippen LogP contribution in [-0.4, -0.2) is 7.11 Å². The molecule has 19 heavy (non-hydrogen) atoms. The Hall–Kier alpha value is -1.62. The van der Waals surface area contributed by atoms with Gasteiger partial charge in [-0.25, -0.2) is 8.78 Å². The average molecular weight is 329 g/mol. The zero-order valence-corrected chi connectivity index (χ0v) is 11.7.